The SMILES string of the molecule is COc1ccc(-c2c(C)c[nH]c2C(=O)OC(C)(C)C)cc1. The molecule has 2 aromatic rings. The highest BCUT2D eigenvalue weighted by Crippen LogP contribution is 2.30. The summed E-state index contributed by atoms with van der Waals surface area (Å²) in [6.07, 6.45) is 1.82. The van der Waals surface area contributed by atoms with Gasteiger partial charge in [-0.25, -0.2) is 4.79 Å². The lowest BCUT2D eigenvalue weighted by Gasteiger charge is -2.19. The second kappa shape index (κ2) is 5.64. The molecule has 0 aliphatic heterocycles. The van der Waals surface area contributed by atoms with E-state index in [1.165, 1.54) is 0 Å². The molecule has 1 N–H and O–H groups in total. The van der Waals surface area contributed by atoms with Crippen LogP contribution in [0, 0.1) is 6.92 Å². The van der Waals surface area contributed by atoms with Crippen LogP contribution >= 0.6 is 0 Å². The smallest absolute Gasteiger partial charge is 0.355 e. The number of rotatable bonds is 3. The van der Waals surface area contributed by atoms with E-state index in [0.29, 0.717) is 5.69 Å². The minimum absolute atomic E-state index is 0.346. The molecular formula is C17H21NO3. The first-order valence-electron chi connectivity index (χ1n) is 6.87. The van der Waals surface area contributed by atoms with Crippen LogP contribution in [0.1, 0.15) is 36.8 Å². The van der Waals surface area contributed by atoms with Crippen molar-refractivity contribution >= 4 is 5.97 Å². The van der Waals surface area contributed by atoms with Crippen molar-refractivity contribution in [3.8, 4) is 16.9 Å². The van der Waals surface area contributed by atoms with E-state index in [1.54, 1.807) is 7.11 Å². The average molecular weight is 287 g/mol. The molecule has 112 valence electrons. The van der Waals surface area contributed by atoms with Crippen molar-refractivity contribution in [1.29, 1.82) is 0 Å². The Morgan fingerprint density at radius 2 is 1.76 bits per heavy atom. The van der Waals surface area contributed by atoms with E-state index in [0.717, 1.165) is 22.4 Å². The first kappa shape index (κ1) is 15.2. The normalized spacial score (nSPS) is 11.3. The van der Waals surface area contributed by atoms with Crippen molar-refractivity contribution in [2.75, 3.05) is 7.11 Å². The van der Waals surface area contributed by atoms with Crippen LogP contribution in [0.15, 0.2) is 30.5 Å². The summed E-state index contributed by atoms with van der Waals surface area (Å²) in [6, 6.07) is 7.62. The summed E-state index contributed by atoms with van der Waals surface area (Å²) in [6.45, 7) is 7.53. The fourth-order valence-electron chi connectivity index (χ4n) is 2.14. The van der Waals surface area contributed by atoms with Gasteiger partial charge in [0.15, 0.2) is 0 Å². The molecule has 4 nitrogen and oxygen atoms in total. The van der Waals surface area contributed by atoms with Crippen molar-refractivity contribution in [2.45, 2.75) is 33.3 Å². The zero-order chi connectivity index (χ0) is 15.6. The van der Waals surface area contributed by atoms with Crippen LogP contribution in [0.5, 0.6) is 5.75 Å². The van der Waals surface area contributed by atoms with Gasteiger partial charge in [-0.2, -0.15) is 0 Å². The highest BCUT2D eigenvalue weighted by Gasteiger charge is 2.23. The Kier molecular flexibility index (Phi) is 4.07. The number of ether oxygens (including phenoxy) is 2. The Morgan fingerprint density at radius 1 is 1.14 bits per heavy atom. The summed E-state index contributed by atoms with van der Waals surface area (Å²) in [5.41, 5.74) is 2.78. The van der Waals surface area contributed by atoms with Gasteiger partial charge in [0, 0.05) is 11.8 Å². The Hall–Kier alpha value is -2.23. The van der Waals surface area contributed by atoms with Crippen LogP contribution < -0.4 is 4.74 Å². The van der Waals surface area contributed by atoms with Gasteiger partial charge in [0.25, 0.3) is 0 Å². The number of hydrogen-bond donors (Lipinski definition) is 1. The lowest BCUT2D eigenvalue weighted by atomic mass is 10.0. The molecular weight excluding hydrogens is 266 g/mol. The molecule has 21 heavy (non-hydrogen) atoms. The first-order valence-corrected chi connectivity index (χ1v) is 6.87. The molecule has 0 bridgehead atoms. The maximum Gasteiger partial charge on any atom is 0.355 e. The molecule has 0 aliphatic carbocycles. The van der Waals surface area contributed by atoms with E-state index in [2.05, 4.69) is 4.98 Å². The van der Waals surface area contributed by atoms with Crippen molar-refractivity contribution in [3.05, 3.63) is 41.7 Å². The number of H-pyrrole nitrogens is 1. The Balaban J connectivity index is 2.39. The standard InChI is InChI=1S/C17H21NO3/c1-11-10-18-15(16(19)21-17(2,3)4)14(11)12-6-8-13(20-5)9-7-12/h6-10,18H,1-5H3. The second-order valence-electron chi connectivity index (χ2n) is 5.95. The molecule has 0 amide bonds. The number of hydrogen-bond acceptors (Lipinski definition) is 3. The van der Waals surface area contributed by atoms with E-state index in [1.807, 2.05) is 58.2 Å². The van der Waals surface area contributed by atoms with Crippen molar-refractivity contribution in [1.82, 2.24) is 4.98 Å². The topological polar surface area (TPSA) is 51.3 Å². The molecule has 1 aromatic heterocycles. The van der Waals surface area contributed by atoms with E-state index in [9.17, 15) is 4.79 Å². The van der Waals surface area contributed by atoms with Crippen LogP contribution in [0.4, 0.5) is 0 Å². The number of methoxy groups -OCH3 is 1. The molecule has 1 aromatic carbocycles. The predicted octanol–water partition coefficient (Wildman–Crippen LogP) is 3.95. The average Bonchev–Trinajstić information content (AvgIpc) is 2.79. The molecule has 2 rings (SSSR count). The zero-order valence-corrected chi connectivity index (χ0v) is 13.1. The highest BCUT2D eigenvalue weighted by molar-refractivity contribution is 5.96. The van der Waals surface area contributed by atoms with E-state index in [4.69, 9.17) is 9.47 Å². The molecule has 0 atom stereocenters. The molecule has 0 aliphatic rings. The highest BCUT2D eigenvalue weighted by atomic mass is 16.6. The fraction of sp³-hybridized carbons (Fsp3) is 0.353. The molecule has 0 spiro atoms. The number of aromatic amines is 1. The third-order valence-corrected chi connectivity index (χ3v) is 3.06. The summed E-state index contributed by atoms with van der Waals surface area (Å²) in [5, 5.41) is 0. The van der Waals surface area contributed by atoms with E-state index in [-0.39, 0.29) is 5.97 Å². The number of aromatic nitrogens is 1. The van der Waals surface area contributed by atoms with Gasteiger partial charge in [0.05, 0.1) is 7.11 Å². The van der Waals surface area contributed by atoms with Crippen LogP contribution in [0.25, 0.3) is 11.1 Å². The minimum Gasteiger partial charge on any atom is -0.497 e. The molecule has 0 saturated carbocycles. The maximum absolute atomic E-state index is 12.3. The third-order valence-electron chi connectivity index (χ3n) is 3.06. The van der Waals surface area contributed by atoms with Gasteiger partial charge in [-0.1, -0.05) is 12.1 Å². The van der Waals surface area contributed by atoms with Gasteiger partial charge in [-0.05, 0) is 51.0 Å². The lowest BCUT2D eigenvalue weighted by Crippen LogP contribution is -2.24. The fourth-order valence-corrected chi connectivity index (χ4v) is 2.14. The van der Waals surface area contributed by atoms with Gasteiger partial charge in [0.1, 0.15) is 17.0 Å². The Morgan fingerprint density at radius 3 is 2.29 bits per heavy atom. The molecule has 0 saturated heterocycles. The molecule has 1 heterocycles. The van der Waals surface area contributed by atoms with E-state index < -0.39 is 5.60 Å². The van der Waals surface area contributed by atoms with Crippen LogP contribution in [0.2, 0.25) is 0 Å². The van der Waals surface area contributed by atoms with Gasteiger partial charge in [-0.3, -0.25) is 0 Å². The number of carbonyl (C=O) groups is 1. The second-order valence-corrected chi connectivity index (χ2v) is 5.95. The van der Waals surface area contributed by atoms with Crippen LogP contribution in [0.3, 0.4) is 0 Å². The number of carbonyl (C=O) groups excluding carboxylic acids is 1. The Labute approximate surface area is 125 Å². The summed E-state index contributed by atoms with van der Waals surface area (Å²) >= 11 is 0. The summed E-state index contributed by atoms with van der Waals surface area (Å²) in [5.74, 6) is 0.437. The predicted molar refractivity (Wildman–Crippen MR) is 82.7 cm³/mol. The Bertz CT molecular complexity index is 633. The van der Waals surface area contributed by atoms with Crippen molar-refractivity contribution in [3.63, 3.8) is 0 Å². The third kappa shape index (κ3) is 3.45. The van der Waals surface area contributed by atoms with Gasteiger partial charge < -0.3 is 14.5 Å². The largest absolute Gasteiger partial charge is 0.497 e. The summed E-state index contributed by atoms with van der Waals surface area (Å²) in [4.78, 5) is 15.3. The molecule has 0 unspecified atom stereocenters. The van der Waals surface area contributed by atoms with Crippen LogP contribution in [-0.4, -0.2) is 23.7 Å². The lowest BCUT2D eigenvalue weighted by molar-refractivity contribution is 0.00645. The number of benzene rings is 1. The molecule has 0 radical (unpaired) electrons. The maximum atomic E-state index is 12.3. The van der Waals surface area contributed by atoms with Crippen molar-refractivity contribution < 1.29 is 14.3 Å². The number of nitrogens with one attached hydrogen (secondary N) is 1. The number of esters is 1. The molecule has 0 fully saturated rings. The summed E-state index contributed by atoms with van der Waals surface area (Å²) < 4.78 is 10.6. The monoisotopic (exact) mass is 287 g/mol. The summed E-state index contributed by atoms with van der Waals surface area (Å²) in [7, 11) is 1.63. The zero-order valence-electron chi connectivity index (χ0n) is 13.1. The van der Waals surface area contributed by atoms with Gasteiger partial charge >= 0.3 is 5.97 Å². The quantitative estimate of drug-likeness (QED) is 0.869. The minimum atomic E-state index is -0.521. The first-order chi connectivity index (χ1) is 9.81. The van der Waals surface area contributed by atoms with Crippen LogP contribution in [-0.2, 0) is 4.74 Å². The van der Waals surface area contributed by atoms with Gasteiger partial charge in [0.2, 0.25) is 0 Å². The van der Waals surface area contributed by atoms with Crippen molar-refractivity contribution in [2.24, 2.45) is 0 Å². The van der Waals surface area contributed by atoms with E-state index >= 15 is 0 Å². The van der Waals surface area contributed by atoms with Gasteiger partial charge in [-0.15, -0.1) is 0 Å². The molecule has 4 heteroatoms. The number of aryl methyl sites for hydroxylation is 1.